The smallest absolute Gasteiger partial charge is 0.273 e. The molecule has 0 saturated heterocycles. The zero-order valence-electron chi connectivity index (χ0n) is 29.3. The Balaban J connectivity index is 0.00000147. The van der Waals surface area contributed by atoms with E-state index in [1.54, 1.807) is 50.3 Å². The van der Waals surface area contributed by atoms with Gasteiger partial charge in [-0.2, -0.15) is 0 Å². The van der Waals surface area contributed by atoms with E-state index in [-0.39, 0.29) is 11.4 Å². The number of non-ortho nitro benzene ring substituents is 1. The third-order valence-corrected chi connectivity index (χ3v) is 14.9. The third kappa shape index (κ3) is 25.8. The van der Waals surface area contributed by atoms with Gasteiger partial charge in [-0.1, -0.05) is 19.4 Å². The first-order valence-corrected chi connectivity index (χ1v) is 21.7. The summed E-state index contributed by atoms with van der Waals surface area (Å²) in [7, 11) is -1.04. The fraction of sp³-hybridized carbons (Fsp3) is 0.842. The zero-order valence-corrected chi connectivity index (χ0v) is 30.3. The number of unbranched alkanes of at least 4 members (excludes halogenated alkanes) is 20. The first kappa shape index (κ1) is 41.9. The molecule has 0 aromatic heterocycles. The van der Waals surface area contributed by atoms with Gasteiger partial charge >= 0.3 is 200 Å². The van der Waals surface area contributed by atoms with E-state index in [4.69, 9.17) is 5.11 Å². The molecular weight excluding hydrogens is 549 g/mol. The van der Waals surface area contributed by atoms with Crippen LogP contribution in [0.3, 0.4) is 0 Å². The van der Waals surface area contributed by atoms with Gasteiger partial charge in [0.05, 0.1) is 11.0 Å². The molecule has 1 aromatic carbocycles. The molecule has 254 valence electrons. The van der Waals surface area contributed by atoms with E-state index in [0.29, 0.717) is 0 Å². The number of nitrogens with zero attached hydrogens (tertiary/aromatic N) is 1. The summed E-state index contributed by atoms with van der Waals surface area (Å²) in [4.78, 5) is 9.49. The number of rotatable bonds is 29. The van der Waals surface area contributed by atoms with Gasteiger partial charge in [-0.25, -0.2) is 0 Å². The number of hydrogen-bond donors (Lipinski definition) is 1. The summed E-state index contributed by atoms with van der Waals surface area (Å²) < 4.78 is 0. The number of phenols is 1. The van der Waals surface area contributed by atoms with E-state index >= 15 is 0 Å². The molecule has 0 saturated carbocycles. The van der Waals surface area contributed by atoms with Crippen LogP contribution in [0.2, 0.25) is 0 Å². The first-order valence-electron chi connectivity index (χ1n) is 18.9. The molecule has 43 heavy (non-hydrogen) atoms. The number of nitro groups is 1. The average Bonchev–Trinajstić information content (AvgIpc) is 3.00. The summed E-state index contributed by atoms with van der Waals surface area (Å²) in [6.07, 6.45) is 42.3. The molecule has 0 aliphatic rings. The maximum absolute atomic E-state index is 10.0. The van der Waals surface area contributed by atoms with Gasteiger partial charge in [0.25, 0.3) is 5.69 Å². The summed E-state index contributed by atoms with van der Waals surface area (Å²) in [6, 6.07) is 5.22. The number of nitro benzene ring substituents is 1. The van der Waals surface area contributed by atoms with E-state index in [2.05, 4.69) is 27.7 Å². The van der Waals surface area contributed by atoms with Crippen LogP contribution >= 0.6 is 7.26 Å². The van der Waals surface area contributed by atoms with Gasteiger partial charge in [0, 0.05) is 6.07 Å². The van der Waals surface area contributed by atoms with Gasteiger partial charge in [0.15, 0.2) is 0 Å². The van der Waals surface area contributed by atoms with Crippen LogP contribution in [0.1, 0.15) is 182 Å². The summed E-state index contributed by atoms with van der Waals surface area (Å²) >= 11 is 0. The van der Waals surface area contributed by atoms with Crippen LogP contribution < -0.4 is 0 Å². The number of aromatic hydroxyl groups is 1. The van der Waals surface area contributed by atoms with E-state index in [0.717, 1.165) is 6.07 Å². The van der Waals surface area contributed by atoms with Crippen molar-refractivity contribution in [2.24, 2.45) is 0 Å². The second-order valence-corrected chi connectivity index (χ2v) is 18.3. The average molecular weight is 624 g/mol. The predicted octanol–water partition coefficient (Wildman–Crippen LogP) is 13.5. The summed E-state index contributed by atoms with van der Waals surface area (Å²) in [6.45, 7) is 9.42. The van der Waals surface area contributed by atoms with Crippen LogP contribution in [0, 0.1) is 10.1 Å². The van der Waals surface area contributed by atoms with Crippen LogP contribution in [0.5, 0.6) is 5.75 Å². The van der Waals surface area contributed by atoms with E-state index in [9.17, 15) is 10.1 Å². The molecule has 0 unspecified atom stereocenters. The molecule has 0 aliphatic heterocycles. The van der Waals surface area contributed by atoms with Crippen molar-refractivity contribution < 1.29 is 10.0 Å². The van der Waals surface area contributed by atoms with Gasteiger partial charge in [-0.3, -0.25) is 10.1 Å². The van der Waals surface area contributed by atoms with Crippen molar-refractivity contribution in [2.75, 3.05) is 24.6 Å². The van der Waals surface area contributed by atoms with Crippen molar-refractivity contribution in [3.8, 4) is 5.75 Å². The minimum Gasteiger partial charge on any atom is -0.508 e. The Morgan fingerprint density at radius 2 is 0.837 bits per heavy atom. The first-order chi connectivity index (χ1) is 20.9. The van der Waals surface area contributed by atoms with Gasteiger partial charge in [-0.15, -0.1) is 0 Å². The Hall–Kier alpha value is -1.15. The fourth-order valence-corrected chi connectivity index (χ4v) is 12.0. The molecule has 0 fully saturated rings. The summed E-state index contributed by atoms with van der Waals surface area (Å²) in [5.74, 6) is -0.0887. The molecule has 5 heteroatoms. The molecule has 0 atom stereocenters. The molecule has 0 spiro atoms. The largest absolute Gasteiger partial charge is 0.508 e. The van der Waals surface area contributed by atoms with E-state index in [1.807, 2.05) is 0 Å². The van der Waals surface area contributed by atoms with Crippen LogP contribution in [-0.4, -0.2) is 34.7 Å². The summed E-state index contributed by atoms with van der Waals surface area (Å²) in [5.41, 5.74) is -0.0972. The van der Waals surface area contributed by atoms with Gasteiger partial charge < -0.3 is 5.11 Å². The minimum atomic E-state index is -1.04. The molecule has 1 N–H and O–H groups in total. The quantitative estimate of drug-likeness (QED) is 0.0418. The standard InChI is InChI=1S/C32H69P.C6H5NO3/c1-5-9-13-17-18-19-20-21-22-23-24-28-32-33(29-25-14-10-6-2,30-26-15-11-7-3)31-27-16-12-8-4;8-6-3-1-2-5(4-6)7(9)10/h33H,5-32H2,1-4H3;1-4,8H. The number of benzene rings is 1. The van der Waals surface area contributed by atoms with Gasteiger partial charge in [0.1, 0.15) is 5.75 Å². The van der Waals surface area contributed by atoms with Crippen molar-refractivity contribution in [3.05, 3.63) is 34.4 Å². The van der Waals surface area contributed by atoms with E-state index < -0.39 is 12.2 Å². The SMILES string of the molecule is CCCCCCCCCCCCCC[PH](CCCCCC)(CCCCCC)CCCCCC.O=[N+]([O-])c1cccc(O)c1. The maximum Gasteiger partial charge on any atom is 0.273 e. The Labute approximate surface area is 269 Å². The van der Waals surface area contributed by atoms with Crippen LogP contribution in [-0.2, 0) is 0 Å². The topological polar surface area (TPSA) is 63.4 Å². The Bertz CT molecular complexity index is 710. The van der Waals surface area contributed by atoms with E-state index in [1.165, 1.54) is 147 Å². The van der Waals surface area contributed by atoms with Crippen LogP contribution in [0.25, 0.3) is 0 Å². The van der Waals surface area contributed by atoms with Crippen molar-refractivity contribution >= 4 is 12.9 Å². The second-order valence-electron chi connectivity index (χ2n) is 13.3. The molecule has 0 heterocycles. The number of hydrogen-bond acceptors (Lipinski definition) is 3. The molecular formula is C38H74NO3P. The third-order valence-electron chi connectivity index (χ3n) is 9.28. The number of phenolic OH excluding ortho intramolecular Hbond substituents is 1. The van der Waals surface area contributed by atoms with Crippen LogP contribution in [0.4, 0.5) is 5.69 Å². The monoisotopic (exact) mass is 624 g/mol. The van der Waals surface area contributed by atoms with Gasteiger partial charge in [0.2, 0.25) is 0 Å². The minimum absolute atomic E-state index is 0.0887. The molecule has 1 aromatic rings. The van der Waals surface area contributed by atoms with Crippen LogP contribution in [0.15, 0.2) is 24.3 Å². The Kier molecular flexibility index (Phi) is 30.0. The Morgan fingerprint density at radius 1 is 0.535 bits per heavy atom. The van der Waals surface area contributed by atoms with Crippen molar-refractivity contribution in [1.29, 1.82) is 0 Å². The second kappa shape index (κ2) is 30.9. The maximum atomic E-state index is 10.0. The zero-order chi connectivity index (χ0) is 31.9. The molecule has 4 nitrogen and oxygen atoms in total. The molecule has 1 rings (SSSR count). The van der Waals surface area contributed by atoms with Crippen molar-refractivity contribution in [3.63, 3.8) is 0 Å². The Morgan fingerprint density at radius 3 is 1.12 bits per heavy atom. The molecule has 0 aliphatic carbocycles. The van der Waals surface area contributed by atoms with Crippen molar-refractivity contribution in [2.45, 2.75) is 182 Å². The fourth-order valence-electron chi connectivity index (χ4n) is 6.48. The molecule has 0 amide bonds. The van der Waals surface area contributed by atoms with Crippen molar-refractivity contribution in [1.82, 2.24) is 0 Å². The molecule has 0 radical (unpaired) electrons. The normalized spacial score (nSPS) is 11.7. The van der Waals surface area contributed by atoms with Gasteiger partial charge in [-0.05, 0) is 6.07 Å². The molecule has 0 bridgehead atoms. The summed E-state index contributed by atoms with van der Waals surface area (Å²) in [5, 5.41) is 18.8. The predicted molar refractivity (Wildman–Crippen MR) is 196 cm³/mol.